The van der Waals surface area contributed by atoms with Crippen LogP contribution in [0.2, 0.25) is 0 Å². The number of para-hydroxylation sites is 2. The fraction of sp³-hybridized carbons (Fsp3) is 0.238. The molecule has 3 rings (SSSR count). The topological polar surface area (TPSA) is 53.3 Å². The summed E-state index contributed by atoms with van der Waals surface area (Å²) in [5.74, 6) is 0.301. The average Bonchev–Trinajstić information content (AvgIpc) is 2.81. The van der Waals surface area contributed by atoms with Crippen molar-refractivity contribution in [2.75, 3.05) is 18.6 Å². The fourth-order valence-corrected chi connectivity index (χ4v) is 3.29. The Morgan fingerprint density at radius 2 is 1.88 bits per heavy atom. The third-order valence-electron chi connectivity index (χ3n) is 4.62. The van der Waals surface area contributed by atoms with Gasteiger partial charge in [-0.1, -0.05) is 44.2 Å². The minimum atomic E-state index is -0.244. The number of carbonyl (C=O) groups is 1. The second-order valence-corrected chi connectivity index (χ2v) is 6.59. The smallest absolute Gasteiger partial charge is 0.194 e. The van der Waals surface area contributed by atoms with Crippen LogP contribution in [0.4, 0.5) is 5.69 Å². The Morgan fingerprint density at radius 1 is 1.20 bits per heavy atom. The Morgan fingerprint density at radius 3 is 2.60 bits per heavy atom. The molecule has 1 aliphatic heterocycles. The summed E-state index contributed by atoms with van der Waals surface area (Å²) in [4.78, 5) is 14.5. The molecule has 25 heavy (non-hydrogen) atoms. The molecule has 0 N–H and O–H groups in total. The highest BCUT2D eigenvalue weighted by atomic mass is 16.5. The van der Waals surface area contributed by atoms with Gasteiger partial charge in [-0.3, -0.25) is 4.79 Å². The van der Waals surface area contributed by atoms with Gasteiger partial charge in [0.1, 0.15) is 11.8 Å². The molecule has 0 aromatic heterocycles. The second kappa shape index (κ2) is 6.45. The van der Waals surface area contributed by atoms with Crippen LogP contribution in [0, 0.1) is 11.3 Å². The van der Waals surface area contributed by atoms with Crippen LogP contribution in [-0.4, -0.2) is 19.4 Å². The number of hydrogen-bond donors (Lipinski definition) is 0. The molecule has 0 saturated heterocycles. The van der Waals surface area contributed by atoms with E-state index < -0.39 is 0 Å². The van der Waals surface area contributed by atoms with Crippen LogP contribution < -0.4 is 9.64 Å². The van der Waals surface area contributed by atoms with E-state index in [1.54, 1.807) is 30.3 Å². The summed E-state index contributed by atoms with van der Waals surface area (Å²) in [7, 11) is 1.97. The third-order valence-corrected chi connectivity index (χ3v) is 4.62. The number of nitrogens with zero attached hydrogens (tertiary/aromatic N) is 2. The van der Waals surface area contributed by atoms with Crippen LogP contribution >= 0.6 is 0 Å². The monoisotopic (exact) mass is 332 g/mol. The largest absolute Gasteiger partial charge is 0.484 e. The van der Waals surface area contributed by atoms with E-state index in [0.717, 1.165) is 11.4 Å². The fourth-order valence-electron chi connectivity index (χ4n) is 3.29. The number of nitriles is 1. The summed E-state index contributed by atoms with van der Waals surface area (Å²) < 4.78 is 5.55. The quantitative estimate of drug-likeness (QED) is 0.799. The molecule has 2 aromatic rings. The predicted molar refractivity (Wildman–Crippen MR) is 97.6 cm³/mol. The van der Waals surface area contributed by atoms with E-state index in [9.17, 15) is 4.79 Å². The summed E-state index contributed by atoms with van der Waals surface area (Å²) in [6.45, 7) is 4.13. The van der Waals surface area contributed by atoms with Gasteiger partial charge < -0.3 is 9.64 Å². The van der Waals surface area contributed by atoms with Crippen LogP contribution in [-0.2, 0) is 10.2 Å². The standard InChI is InChI=1S/C21H20N2O2/c1-21(2)17-9-5-6-10-18(17)23(3)20(21)12-16(24)14-25-19-11-7-4-8-15(19)13-22/h4-12H,14H2,1-3H3. The number of ether oxygens (including phenoxy) is 1. The number of allylic oxidation sites excluding steroid dienone is 1. The highest BCUT2D eigenvalue weighted by Crippen LogP contribution is 2.46. The molecule has 126 valence electrons. The van der Waals surface area contributed by atoms with Gasteiger partial charge in [0.05, 0.1) is 5.56 Å². The molecule has 0 radical (unpaired) electrons. The maximum absolute atomic E-state index is 12.4. The number of carbonyl (C=O) groups excluding carboxylic acids is 1. The normalized spacial score (nSPS) is 16.4. The van der Waals surface area contributed by atoms with Crippen LogP contribution in [0.1, 0.15) is 25.0 Å². The molecule has 0 fully saturated rings. The lowest BCUT2D eigenvalue weighted by atomic mass is 9.83. The molecular weight excluding hydrogens is 312 g/mol. The van der Waals surface area contributed by atoms with E-state index in [-0.39, 0.29) is 17.8 Å². The van der Waals surface area contributed by atoms with Gasteiger partial charge in [0, 0.05) is 29.9 Å². The van der Waals surface area contributed by atoms with Gasteiger partial charge in [-0.2, -0.15) is 5.26 Å². The molecular formula is C21H20N2O2. The lowest BCUT2D eigenvalue weighted by molar-refractivity contribution is -0.116. The highest BCUT2D eigenvalue weighted by Gasteiger charge is 2.38. The number of benzene rings is 2. The molecule has 4 nitrogen and oxygen atoms in total. The van der Waals surface area contributed by atoms with E-state index in [1.165, 1.54) is 5.56 Å². The van der Waals surface area contributed by atoms with Gasteiger partial charge in [-0.15, -0.1) is 0 Å². The Hall–Kier alpha value is -3.06. The predicted octanol–water partition coefficient (Wildman–Crippen LogP) is 3.82. The maximum Gasteiger partial charge on any atom is 0.194 e. The molecule has 2 aromatic carbocycles. The van der Waals surface area contributed by atoms with Crippen molar-refractivity contribution in [3.05, 3.63) is 71.4 Å². The first-order valence-corrected chi connectivity index (χ1v) is 8.15. The summed E-state index contributed by atoms with van der Waals surface area (Å²) >= 11 is 0. The summed E-state index contributed by atoms with van der Waals surface area (Å²) in [5, 5.41) is 9.08. The van der Waals surface area contributed by atoms with E-state index >= 15 is 0 Å². The van der Waals surface area contributed by atoms with Crippen LogP contribution in [0.25, 0.3) is 0 Å². The lowest BCUT2D eigenvalue weighted by Crippen LogP contribution is -2.25. The van der Waals surface area contributed by atoms with Crippen molar-refractivity contribution in [1.82, 2.24) is 0 Å². The van der Waals surface area contributed by atoms with Gasteiger partial charge in [-0.05, 0) is 23.8 Å². The highest BCUT2D eigenvalue weighted by molar-refractivity contribution is 5.93. The van der Waals surface area contributed by atoms with E-state index in [2.05, 4.69) is 36.9 Å². The van der Waals surface area contributed by atoms with Gasteiger partial charge >= 0.3 is 0 Å². The number of likely N-dealkylation sites (N-methyl/N-ethyl adjacent to an activating group) is 1. The molecule has 4 heteroatoms. The average molecular weight is 332 g/mol. The number of anilines is 1. The number of fused-ring (bicyclic) bond motifs is 1. The van der Waals surface area contributed by atoms with Crippen LogP contribution in [0.3, 0.4) is 0 Å². The lowest BCUT2D eigenvalue weighted by Gasteiger charge is -2.24. The molecule has 0 unspecified atom stereocenters. The molecule has 0 spiro atoms. The van der Waals surface area contributed by atoms with E-state index in [1.807, 2.05) is 19.2 Å². The Bertz CT molecular complexity index is 891. The van der Waals surface area contributed by atoms with Crippen LogP contribution in [0.15, 0.2) is 60.3 Å². The van der Waals surface area contributed by atoms with Crippen molar-refractivity contribution in [1.29, 1.82) is 5.26 Å². The summed E-state index contributed by atoms with van der Waals surface area (Å²) in [5.41, 5.74) is 3.44. The Labute approximate surface area is 148 Å². The zero-order valence-electron chi connectivity index (χ0n) is 14.6. The SMILES string of the molecule is CN1C(=CC(=O)COc2ccccc2C#N)C(C)(C)c2ccccc21. The second-order valence-electron chi connectivity index (χ2n) is 6.59. The van der Waals surface area contributed by atoms with E-state index in [4.69, 9.17) is 10.00 Å². The number of ketones is 1. The van der Waals surface area contributed by atoms with Crippen molar-refractivity contribution < 1.29 is 9.53 Å². The molecule has 0 saturated carbocycles. The first-order valence-electron chi connectivity index (χ1n) is 8.15. The minimum absolute atomic E-state index is 0.0948. The number of hydrogen-bond acceptors (Lipinski definition) is 4. The maximum atomic E-state index is 12.4. The zero-order chi connectivity index (χ0) is 18.0. The molecule has 1 aliphatic rings. The summed E-state index contributed by atoms with van der Waals surface area (Å²) in [6.07, 6.45) is 1.65. The van der Waals surface area contributed by atoms with Gasteiger partial charge in [0.25, 0.3) is 0 Å². The Kier molecular flexibility index (Phi) is 4.33. The van der Waals surface area contributed by atoms with Crippen molar-refractivity contribution in [2.24, 2.45) is 0 Å². The van der Waals surface area contributed by atoms with Crippen molar-refractivity contribution >= 4 is 11.5 Å². The third kappa shape index (κ3) is 3.01. The molecule has 0 amide bonds. The van der Waals surface area contributed by atoms with Gasteiger partial charge in [-0.25, -0.2) is 0 Å². The Balaban J connectivity index is 1.79. The summed E-state index contributed by atoms with van der Waals surface area (Å²) in [6, 6.07) is 17.1. The van der Waals surface area contributed by atoms with Gasteiger partial charge in [0.15, 0.2) is 12.4 Å². The van der Waals surface area contributed by atoms with Crippen molar-refractivity contribution in [3.63, 3.8) is 0 Å². The number of rotatable bonds is 4. The first kappa shape index (κ1) is 16.8. The van der Waals surface area contributed by atoms with E-state index in [0.29, 0.717) is 11.3 Å². The molecule has 0 atom stereocenters. The minimum Gasteiger partial charge on any atom is -0.484 e. The van der Waals surface area contributed by atoms with Gasteiger partial charge in [0.2, 0.25) is 0 Å². The van der Waals surface area contributed by atoms with Crippen molar-refractivity contribution in [3.8, 4) is 11.8 Å². The molecule has 0 bridgehead atoms. The molecule has 0 aliphatic carbocycles. The first-order chi connectivity index (χ1) is 11.9. The molecule has 1 heterocycles. The van der Waals surface area contributed by atoms with Crippen LogP contribution in [0.5, 0.6) is 5.75 Å². The van der Waals surface area contributed by atoms with Crippen molar-refractivity contribution in [2.45, 2.75) is 19.3 Å². The zero-order valence-corrected chi connectivity index (χ0v) is 14.6.